The van der Waals surface area contributed by atoms with Gasteiger partial charge in [0.05, 0.1) is 55.8 Å². The Labute approximate surface area is 618 Å². The first kappa shape index (κ1) is 86.6. The summed E-state index contributed by atoms with van der Waals surface area (Å²) in [6.07, 6.45) is 6.88. The third-order valence-corrected chi connectivity index (χ3v) is 17.9. The Morgan fingerprint density at radius 3 is 1.24 bits per heavy atom. The van der Waals surface area contributed by atoms with Crippen LogP contribution in [0.3, 0.4) is 0 Å². The number of carbonyl (C=O) groups excluding carboxylic acids is 7. The molecule has 4 aromatic carbocycles. The van der Waals surface area contributed by atoms with Gasteiger partial charge in [-0.2, -0.15) is 0 Å². The minimum Gasteiger partial charge on any atom is -0.465 e. The molecule has 104 heavy (non-hydrogen) atoms. The summed E-state index contributed by atoms with van der Waals surface area (Å²) in [4.78, 5) is 89.7. The first-order valence-corrected chi connectivity index (χ1v) is 35.4. The largest absolute Gasteiger partial charge is 0.490 e. The second kappa shape index (κ2) is 37.3. The Balaban J connectivity index is 0.000000237. The van der Waals surface area contributed by atoms with Crippen molar-refractivity contribution in [3.05, 3.63) is 157 Å². The predicted molar refractivity (Wildman–Crippen MR) is 390 cm³/mol. The van der Waals surface area contributed by atoms with Gasteiger partial charge in [-0.15, -0.1) is 0 Å². The number of esters is 3. The molecule has 5 aliphatic rings. The van der Waals surface area contributed by atoms with Gasteiger partial charge in [0.1, 0.15) is 45.7 Å². The lowest BCUT2D eigenvalue weighted by atomic mass is 9.75. The topological polar surface area (TPSA) is 236 Å². The fourth-order valence-electron chi connectivity index (χ4n) is 11.3. The van der Waals surface area contributed by atoms with Gasteiger partial charge in [0, 0.05) is 56.8 Å². The first-order chi connectivity index (χ1) is 48.3. The molecule has 3 saturated heterocycles. The lowest BCUT2D eigenvalue weighted by molar-refractivity contribution is 0.00578. The lowest BCUT2D eigenvalue weighted by Gasteiger charge is -2.34. The molecule has 5 heterocycles. The molecular weight excluding hydrogens is 1420 g/mol. The van der Waals surface area contributed by atoms with Gasteiger partial charge in [0.2, 0.25) is 0 Å². The van der Waals surface area contributed by atoms with Crippen LogP contribution < -0.4 is 0 Å². The minimum absolute atomic E-state index is 0.0818. The lowest BCUT2D eigenvalue weighted by Crippen LogP contribution is -2.41. The summed E-state index contributed by atoms with van der Waals surface area (Å²) < 4.78 is 101. The van der Waals surface area contributed by atoms with Crippen LogP contribution in [0.25, 0.3) is 5.57 Å². The Morgan fingerprint density at radius 2 is 0.837 bits per heavy atom. The van der Waals surface area contributed by atoms with Gasteiger partial charge in [-0.05, 0) is 265 Å². The maximum atomic E-state index is 13.5. The number of benzene rings is 4. The normalized spacial score (nSPS) is 16.9. The number of nitrogens with zero attached hydrogens (tertiary/aromatic N) is 4. The van der Waals surface area contributed by atoms with E-state index in [9.17, 15) is 56.2 Å². The van der Waals surface area contributed by atoms with E-state index < -0.39 is 57.8 Å². The molecular formula is C77H104BBrF4N4O17. The van der Waals surface area contributed by atoms with Crippen molar-refractivity contribution in [3.63, 3.8) is 0 Å². The molecule has 3 fully saturated rings. The van der Waals surface area contributed by atoms with Crippen LogP contribution >= 0.6 is 15.9 Å². The average Bonchev–Trinajstić information content (AvgIpc) is 1.58. The number of likely N-dealkylation sites (tertiary alicyclic amines) is 2. The molecule has 1 N–H and O–H groups in total. The number of amides is 4. The van der Waals surface area contributed by atoms with E-state index in [1.165, 1.54) is 69.9 Å². The zero-order valence-corrected chi connectivity index (χ0v) is 65.2. The molecule has 0 atom stereocenters. The zero-order valence-electron chi connectivity index (χ0n) is 63.6. The van der Waals surface area contributed by atoms with Crippen LogP contribution in [0.5, 0.6) is 0 Å². The molecule has 0 spiro atoms. The summed E-state index contributed by atoms with van der Waals surface area (Å²) in [5, 5.41) is 9.39. The van der Waals surface area contributed by atoms with E-state index in [0.29, 0.717) is 87.2 Å². The van der Waals surface area contributed by atoms with Gasteiger partial charge in [0.25, 0.3) is 0 Å². The highest BCUT2D eigenvalue weighted by molar-refractivity contribution is 9.10. The van der Waals surface area contributed by atoms with Crippen molar-refractivity contribution in [2.45, 2.75) is 201 Å². The number of piperidine rings is 2. The van der Waals surface area contributed by atoms with Crippen LogP contribution in [0, 0.1) is 23.3 Å². The predicted octanol–water partition coefficient (Wildman–Crippen LogP) is 16.4. The fraction of sp³-hybridized carbons (Fsp3) is 0.545. The number of rotatable bonds is 8. The molecule has 0 unspecified atom stereocenters. The van der Waals surface area contributed by atoms with Crippen molar-refractivity contribution in [2.75, 3.05) is 73.7 Å². The molecule has 4 amide bonds. The van der Waals surface area contributed by atoms with Crippen LogP contribution in [-0.2, 0) is 49.1 Å². The Kier molecular flexibility index (Phi) is 31.1. The molecule has 21 nitrogen and oxygen atoms in total. The first-order valence-electron chi connectivity index (χ1n) is 34.6. The van der Waals surface area contributed by atoms with Gasteiger partial charge in [-0.25, -0.2) is 51.1 Å². The van der Waals surface area contributed by atoms with E-state index in [1.54, 1.807) is 37.8 Å². The second-order valence-electron chi connectivity index (χ2n) is 30.5. The molecule has 27 heteroatoms. The highest BCUT2D eigenvalue weighted by Crippen LogP contribution is 2.40. The summed E-state index contributed by atoms with van der Waals surface area (Å²) in [7, 11) is 3.48. The molecule has 4 aromatic rings. The fourth-order valence-corrected chi connectivity index (χ4v) is 11.7. The van der Waals surface area contributed by atoms with E-state index in [0.717, 1.165) is 47.5 Å². The van der Waals surface area contributed by atoms with Crippen molar-refractivity contribution in [1.82, 2.24) is 19.6 Å². The molecule has 0 saturated carbocycles. The number of carbonyl (C=O) groups is 7. The summed E-state index contributed by atoms with van der Waals surface area (Å²) >= 11 is 3.10. The van der Waals surface area contributed by atoms with Crippen molar-refractivity contribution in [2.24, 2.45) is 0 Å². The molecule has 9 rings (SSSR count). The number of halogens is 5. The van der Waals surface area contributed by atoms with Crippen molar-refractivity contribution in [1.29, 1.82) is 0 Å². The number of hydrogen-bond donors (Lipinski definition) is 1. The summed E-state index contributed by atoms with van der Waals surface area (Å²) in [5.74, 6) is -3.12. The van der Waals surface area contributed by atoms with Gasteiger partial charge in [-0.1, -0.05) is 30.4 Å². The maximum absolute atomic E-state index is 13.5. The summed E-state index contributed by atoms with van der Waals surface area (Å²) in [5.41, 5.74) is 2.96. The van der Waals surface area contributed by atoms with Gasteiger partial charge in [-0.3, -0.25) is 0 Å². The molecule has 5 aliphatic heterocycles. The smallest absolute Gasteiger partial charge is 0.465 e. The van der Waals surface area contributed by atoms with E-state index in [2.05, 4.69) is 20.7 Å². The van der Waals surface area contributed by atoms with E-state index in [-0.39, 0.29) is 83.6 Å². The zero-order chi connectivity index (χ0) is 78.0. The Hall–Kier alpha value is -8.01. The van der Waals surface area contributed by atoms with Crippen molar-refractivity contribution < 1.29 is 98.7 Å². The number of methoxy groups -OCH3 is 3. The van der Waals surface area contributed by atoms with Gasteiger partial charge < -0.3 is 67.2 Å². The Morgan fingerprint density at radius 1 is 0.481 bits per heavy atom. The Bertz CT molecular complexity index is 3700. The third-order valence-electron chi connectivity index (χ3n) is 17.2. The number of hydrogen-bond acceptors (Lipinski definition) is 17. The third kappa shape index (κ3) is 26.5. The van der Waals surface area contributed by atoms with Crippen LogP contribution in [0.15, 0.2) is 94.9 Å². The summed E-state index contributed by atoms with van der Waals surface area (Å²) in [6, 6.07) is 16.6. The van der Waals surface area contributed by atoms with Crippen LogP contribution in [0.4, 0.5) is 36.7 Å². The molecule has 0 bridgehead atoms. The monoisotopic (exact) mass is 1520 g/mol. The SMILES string of the molecule is CC(C)(C)OC(=O)N1CC=C(B2OC(C)(C)C(C)(C)O2)CC1.CC(C)(C)OC(=O)N1CCC(c2ccc(F)cc2CO)CC1.COC(=O)c1cc(F)ccc1Br.COC(=O)c1cc(F)ccc1C1=CCN(C(=O)OC(C)(C)C)CC1.COC(=O)c1cc(F)ccc1C1CCN(C(=O)OC(C)(C)C)CC1. The molecule has 0 aliphatic carbocycles. The minimum atomic E-state index is -0.583. The molecule has 0 radical (unpaired) electrons. The number of aliphatic hydroxyl groups is 1. The average molecular weight is 1520 g/mol. The van der Waals surface area contributed by atoms with E-state index in [4.69, 9.17) is 37.7 Å². The second-order valence-corrected chi connectivity index (χ2v) is 31.3. The van der Waals surface area contributed by atoms with Crippen molar-refractivity contribution >= 4 is 70.9 Å². The molecule has 0 aromatic heterocycles. The highest BCUT2D eigenvalue weighted by atomic mass is 79.9. The van der Waals surface area contributed by atoms with E-state index in [1.807, 2.05) is 123 Å². The van der Waals surface area contributed by atoms with Crippen LogP contribution in [0.2, 0.25) is 0 Å². The van der Waals surface area contributed by atoms with Crippen LogP contribution in [0.1, 0.15) is 214 Å². The summed E-state index contributed by atoms with van der Waals surface area (Å²) in [6.45, 7) is 34.5. The van der Waals surface area contributed by atoms with Crippen LogP contribution in [-0.4, -0.2) is 181 Å². The number of ether oxygens (including phenoxy) is 7. The van der Waals surface area contributed by atoms with Crippen molar-refractivity contribution in [3.8, 4) is 0 Å². The quantitative estimate of drug-likeness (QED) is 0.0747. The van der Waals surface area contributed by atoms with Gasteiger partial charge in [0.15, 0.2) is 0 Å². The maximum Gasteiger partial charge on any atom is 0.490 e. The highest BCUT2D eigenvalue weighted by Gasteiger charge is 2.52. The van der Waals surface area contributed by atoms with Gasteiger partial charge >= 0.3 is 49.4 Å². The number of aliphatic hydroxyl groups excluding tert-OH is 1. The standard InChI is InChI=1S/C18H24FNO4.C18H22FNO4.C17H24FNO3.C16H28BNO4.C8H6BrFO2/c2*1-18(2,3)24-17(22)20-9-7-12(8-10-20)14-6-5-13(19)11-15(14)16(21)23-4;1-17(2,3)22-16(21)19-8-6-12(7-9-19)15-5-4-14(18)10-13(15)11-20;1-14(2,3)20-13(19)18-10-8-12(9-11-18)17-21-15(4,5)16(6,7)22-17;1-12-8(11)6-4-5(10)2-3-7(6)9/h5-6,11-12H,7-10H2,1-4H3;5-7,11H,8-10H2,1-4H3;4-5,10,12,20H,6-9,11H2,1-3H3;8H,9-11H2,1-7H3;2-4H,1H3. The molecule has 572 valence electrons. The van der Waals surface area contributed by atoms with E-state index >= 15 is 0 Å².